The second-order valence-electron chi connectivity index (χ2n) is 8.71. The van der Waals surface area contributed by atoms with Gasteiger partial charge < -0.3 is 9.58 Å². The van der Waals surface area contributed by atoms with Gasteiger partial charge in [-0.3, -0.25) is 15.1 Å². The largest absolute Gasteiger partial charge is 0.484 e. The lowest BCUT2D eigenvalue weighted by Gasteiger charge is -2.08. The SMILES string of the molecule is [C-]#[N+]c1cnc(NC(=O)COc2cccc(CCCCCCCCCCCCCCC)c2)[nH]1. The number of aromatic amines is 1. The van der Waals surface area contributed by atoms with Crippen molar-refractivity contribution in [3.8, 4) is 5.75 Å². The number of nitrogens with one attached hydrogen (secondary N) is 2. The van der Waals surface area contributed by atoms with Crippen LogP contribution in [0.2, 0.25) is 0 Å². The van der Waals surface area contributed by atoms with Crippen molar-refractivity contribution < 1.29 is 9.53 Å². The third-order valence-corrected chi connectivity index (χ3v) is 5.78. The minimum Gasteiger partial charge on any atom is -0.484 e. The zero-order chi connectivity index (χ0) is 23.6. The number of aromatic nitrogens is 2. The molecule has 6 heteroatoms. The van der Waals surface area contributed by atoms with Crippen LogP contribution in [0.5, 0.6) is 5.75 Å². The summed E-state index contributed by atoms with van der Waals surface area (Å²) in [6, 6.07) is 7.96. The van der Waals surface area contributed by atoms with Crippen LogP contribution in [0.15, 0.2) is 30.5 Å². The van der Waals surface area contributed by atoms with Gasteiger partial charge in [0.1, 0.15) is 5.75 Å². The van der Waals surface area contributed by atoms with E-state index in [2.05, 4.69) is 33.1 Å². The molecule has 0 bridgehead atoms. The minimum atomic E-state index is -0.317. The molecule has 0 atom stereocenters. The Morgan fingerprint density at radius 1 is 1.00 bits per heavy atom. The zero-order valence-corrected chi connectivity index (χ0v) is 20.2. The van der Waals surface area contributed by atoms with Crippen LogP contribution < -0.4 is 10.1 Å². The van der Waals surface area contributed by atoms with Gasteiger partial charge in [0, 0.05) is 0 Å². The smallest absolute Gasteiger partial charge is 0.282 e. The van der Waals surface area contributed by atoms with Gasteiger partial charge in [-0.25, -0.2) is 4.98 Å². The summed E-state index contributed by atoms with van der Waals surface area (Å²) in [6.45, 7) is 9.07. The molecule has 180 valence electrons. The molecule has 0 radical (unpaired) electrons. The van der Waals surface area contributed by atoms with Gasteiger partial charge in [0.15, 0.2) is 6.61 Å². The Hall–Kier alpha value is -2.81. The summed E-state index contributed by atoms with van der Waals surface area (Å²) in [7, 11) is 0. The lowest BCUT2D eigenvalue weighted by molar-refractivity contribution is -0.118. The van der Waals surface area contributed by atoms with Crippen molar-refractivity contribution in [2.75, 3.05) is 11.9 Å². The molecular weight excluding hydrogens is 412 g/mol. The number of hydrogen-bond acceptors (Lipinski definition) is 3. The van der Waals surface area contributed by atoms with Gasteiger partial charge in [0.2, 0.25) is 5.82 Å². The Balaban J connectivity index is 1.50. The lowest BCUT2D eigenvalue weighted by Crippen LogP contribution is -2.20. The molecule has 2 N–H and O–H groups in total. The first-order valence-corrected chi connectivity index (χ1v) is 12.7. The zero-order valence-electron chi connectivity index (χ0n) is 20.2. The molecule has 0 unspecified atom stereocenters. The number of imidazole rings is 1. The van der Waals surface area contributed by atoms with Gasteiger partial charge in [-0.1, -0.05) is 103 Å². The number of rotatable bonds is 18. The first-order chi connectivity index (χ1) is 16.2. The highest BCUT2D eigenvalue weighted by molar-refractivity contribution is 5.90. The number of carbonyl (C=O) groups is 1. The van der Waals surface area contributed by atoms with Gasteiger partial charge in [0.25, 0.3) is 11.9 Å². The molecule has 0 saturated carbocycles. The van der Waals surface area contributed by atoms with Crippen molar-refractivity contribution >= 4 is 17.7 Å². The Labute approximate surface area is 199 Å². The van der Waals surface area contributed by atoms with E-state index in [1.807, 2.05) is 18.2 Å². The summed E-state index contributed by atoms with van der Waals surface area (Å²) < 4.78 is 5.62. The molecule has 1 heterocycles. The minimum absolute atomic E-state index is 0.101. The van der Waals surface area contributed by atoms with Gasteiger partial charge in [-0.2, -0.15) is 0 Å². The highest BCUT2D eigenvalue weighted by Gasteiger charge is 2.08. The summed E-state index contributed by atoms with van der Waals surface area (Å²) in [5, 5.41) is 2.59. The number of H-pyrrole nitrogens is 1. The van der Waals surface area contributed by atoms with Crippen molar-refractivity contribution in [2.24, 2.45) is 0 Å². The lowest BCUT2D eigenvalue weighted by atomic mass is 10.0. The van der Waals surface area contributed by atoms with Gasteiger partial charge in [-0.15, -0.1) is 0 Å². The Bertz CT molecular complexity index is 841. The van der Waals surface area contributed by atoms with E-state index in [1.54, 1.807) is 0 Å². The fourth-order valence-corrected chi connectivity index (χ4v) is 3.89. The average molecular weight is 453 g/mol. The molecule has 1 aromatic carbocycles. The predicted octanol–water partition coefficient (Wildman–Crippen LogP) is 7.61. The first-order valence-electron chi connectivity index (χ1n) is 12.7. The number of nitrogens with zero attached hydrogens (tertiary/aromatic N) is 2. The van der Waals surface area contributed by atoms with E-state index in [9.17, 15) is 4.79 Å². The third-order valence-electron chi connectivity index (χ3n) is 5.78. The fourth-order valence-electron chi connectivity index (χ4n) is 3.89. The Morgan fingerprint density at radius 3 is 2.24 bits per heavy atom. The molecule has 1 amide bonds. The van der Waals surface area contributed by atoms with Crippen molar-refractivity contribution in [1.82, 2.24) is 9.97 Å². The number of carbonyl (C=O) groups excluding carboxylic acids is 1. The van der Waals surface area contributed by atoms with Gasteiger partial charge in [0.05, 0.1) is 6.20 Å². The van der Waals surface area contributed by atoms with Crippen LogP contribution in [0.1, 0.15) is 96.0 Å². The average Bonchev–Trinajstić information content (AvgIpc) is 3.28. The summed E-state index contributed by atoms with van der Waals surface area (Å²) in [5.74, 6) is 0.916. The maximum absolute atomic E-state index is 12.0. The number of anilines is 1. The van der Waals surface area contributed by atoms with E-state index in [4.69, 9.17) is 11.3 Å². The van der Waals surface area contributed by atoms with Crippen molar-refractivity contribution in [2.45, 2.75) is 96.8 Å². The number of unbranched alkanes of at least 4 members (excludes halogenated alkanes) is 12. The van der Waals surface area contributed by atoms with Crippen LogP contribution in [0.25, 0.3) is 4.85 Å². The summed E-state index contributed by atoms with van der Waals surface area (Å²) in [5.41, 5.74) is 1.24. The van der Waals surface area contributed by atoms with Crippen LogP contribution in [0.4, 0.5) is 11.8 Å². The van der Waals surface area contributed by atoms with Gasteiger partial charge in [-0.05, 0) is 30.5 Å². The van der Waals surface area contributed by atoms with Crippen molar-refractivity contribution in [3.63, 3.8) is 0 Å². The molecule has 2 rings (SSSR count). The van der Waals surface area contributed by atoms with E-state index in [1.165, 1.54) is 95.2 Å². The standard InChI is InChI=1S/C27H40N4O2/c1-3-4-5-6-7-8-9-10-11-12-13-14-15-17-23-18-16-19-24(20-23)33-22-26(32)31-27-29-21-25(28-2)30-27/h16,18-21H,3-15,17,22H2,1H3,(H2,29,30,31,32). The monoisotopic (exact) mass is 452 g/mol. The van der Waals surface area contributed by atoms with Crippen LogP contribution in [0.3, 0.4) is 0 Å². The molecule has 0 aliphatic heterocycles. The summed E-state index contributed by atoms with van der Waals surface area (Å²) in [6.07, 6.45) is 20.1. The highest BCUT2D eigenvalue weighted by atomic mass is 16.5. The summed E-state index contributed by atoms with van der Waals surface area (Å²) >= 11 is 0. The Kier molecular flexibility index (Phi) is 13.4. The van der Waals surface area contributed by atoms with Crippen LogP contribution in [-0.2, 0) is 11.2 Å². The molecule has 0 fully saturated rings. The van der Waals surface area contributed by atoms with E-state index in [-0.39, 0.29) is 24.3 Å². The van der Waals surface area contributed by atoms with Crippen LogP contribution in [-0.4, -0.2) is 22.5 Å². The molecule has 0 aliphatic carbocycles. The summed E-state index contributed by atoms with van der Waals surface area (Å²) in [4.78, 5) is 21.9. The second-order valence-corrected chi connectivity index (χ2v) is 8.71. The molecule has 0 saturated heterocycles. The molecule has 1 aromatic heterocycles. The normalized spacial score (nSPS) is 10.7. The number of amides is 1. The molecule has 0 aliphatic rings. The van der Waals surface area contributed by atoms with E-state index in [0.717, 1.165) is 6.42 Å². The van der Waals surface area contributed by atoms with Crippen LogP contribution in [0, 0.1) is 6.57 Å². The molecular formula is C27H40N4O2. The second kappa shape index (κ2) is 16.8. The number of aryl methyl sites for hydroxylation is 1. The topological polar surface area (TPSA) is 71.4 Å². The number of hydrogen-bond donors (Lipinski definition) is 2. The maximum Gasteiger partial charge on any atom is 0.282 e. The van der Waals surface area contributed by atoms with E-state index < -0.39 is 0 Å². The van der Waals surface area contributed by atoms with E-state index >= 15 is 0 Å². The molecule has 33 heavy (non-hydrogen) atoms. The molecule has 6 nitrogen and oxygen atoms in total. The molecule has 0 spiro atoms. The van der Waals surface area contributed by atoms with Crippen LogP contribution >= 0.6 is 0 Å². The quantitative estimate of drug-likeness (QED) is 0.180. The first kappa shape index (κ1) is 26.4. The highest BCUT2D eigenvalue weighted by Crippen LogP contribution is 2.17. The van der Waals surface area contributed by atoms with E-state index in [0.29, 0.717) is 5.75 Å². The number of ether oxygens (including phenoxy) is 1. The third kappa shape index (κ3) is 12.1. The van der Waals surface area contributed by atoms with Crippen molar-refractivity contribution in [1.29, 1.82) is 0 Å². The number of benzene rings is 1. The maximum atomic E-state index is 12.0. The molecule has 2 aromatic rings. The van der Waals surface area contributed by atoms with Gasteiger partial charge >= 0.3 is 0 Å². The fraction of sp³-hybridized carbons (Fsp3) is 0.593. The predicted molar refractivity (Wildman–Crippen MR) is 135 cm³/mol. The Morgan fingerprint density at radius 2 is 1.64 bits per heavy atom. The van der Waals surface area contributed by atoms with Crippen molar-refractivity contribution in [3.05, 3.63) is 47.4 Å².